The molecule has 2 heterocycles. The first kappa shape index (κ1) is 26.7. The minimum absolute atomic E-state index is 0.117. The average Bonchev–Trinajstić information content (AvgIpc) is 3.64. The van der Waals surface area contributed by atoms with E-state index in [1.807, 2.05) is 53.9 Å². The third kappa shape index (κ3) is 5.07. The Morgan fingerprint density at radius 2 is 1.64 bits per heavy atom. The Morgan fingerprint density at radius 1 is 0.897 bits per heavy atom. The number of rotatable bonds is 7. The quantitative estimate of drug-likeness (QED) is 0.282. The Labute approximate surface area is 236 Å². The van der Waals surface area contributed by atoms with Crippen LogP contribution in [0.2, 0.25) is 5.02 Å². The van der Waals surface area contributed by atoms with Crippen LogP contribution in [0, 0.1) is 5.92 Å². The first-order valence-corrected chi connectivity index (χ1v) is 13.8. The number of Topliss-reactive ketones (excluding diaryl/α,β-unsaturated/α-hetero) is 1. The Hall–Kier alpha value is -3.94. The molecule has 198 valence electrons. The summed E-state index contributed by atoms with van der Waals surface area (Å²) in [7, 11) is 3.08. The molecule has 0 spiro atoms. The topological polar surface area (TPSA) is 75.7 Å². The van der Waals surface area contributed by atoms with Gasteiger partial charge in [0.05, 0.1) is 23.9 Å². The molecule has 1 N–H and O–H groups in total. The van der Waals surface area contributed by atoms with Gasteiger partial charge in [0, 0.05) is 23.6 Å². The van der Waals surface area contributed by atoms with Crippen LogP contribution in [0.4, 0.5) is 0 Å². The van der Waals surface area contributed by atoms with E-state index < -0.39 is 23.9 Å². The standard InChI is InChI=1S/C31H27ClN2O4S/c1-33-30(36)28-25(19-13-15-22(32)16-14-19)26(29(35)24-12-7-17-39-24)27(20-8-4-3-5-9-20)34(28)31(37)21-10-6-11-23(18-21)38-2/h3-18,25-28H,1-2H3,(H,33,36). The lowest BCUT2D eigenvalue weighted by Gasteiger charge is -2.31. The predicted molar refractivity (Wildman–Crippen MR) is 153 cm³/mol. The van der Waals surface area contributed by atoms with E-state index in [-0.39, 0.29) is 17.6 Å². The van der Waals surface area contributed by atoms with Gasteiger partial charge in [-0.1, -0.05) is 66.2 Å². The van der Waals surface area contributed by atoms with E-state index in [1.165, 1.54) is 18.4 Å². The van der Waals surface area contributed by atoms with E-state index in [0.717, 1.165) is 11.1 Å². The molecule has 1 saturated heterocycles. The lowest BCUT2D eigenvalue weighted by atomic mass is 9.77. The Kier molecular flexibility index (Phi) is 7.82. The van der Waals surface area contributed by atoms with Gasteiger partial charge in [-0.15, -0.1) is 11.3 Å². The van der Waals surface area contributed by atoms with Crippen LogP contribution in [0.1, 0.15) is 43.1 Å². The number of amides is 2. The highest BCUT2D eigenvalue weighted by Gasteiger charge is 2.57. The van der Waals surface area contributed by atoms with Crippen molar-refractivity contribution >= 4 is 40.5 Å². The maximum atomic E-state index is 14.4. The molecule has 1 aromatic heterocycles. The van der Waals surface area contributed by atoms with Gasteiger partial charge in [0.25, 0.3) is 5.91 Å². The fourth-order valence-corrected chi connectivity index (χ4v) is 6.33. The van der Waals surface area contributed by atoms with Gasteiger partial charge in [-0.3, -0.25) is 14.4 Å². The first-order chi connectivity index (χ1) is 18.9. The number of benzene rings is 3. The lowest BCUT2D eigenvalue weighted by Crippen LogP contribution is -2.47. The van der Waals surface area contributed by atoms with Gasteiger partial charge in [-0.2, -0.15) is 0 Å². The van der Waals surface area contributed by atoms with Gasteiger partial charge in [0.15, 0.2) is 5.78 Å². The molecule has 2 amide bonds. The minimum Gasteiger partial charge on any atom is -0.497 e. The van der Waals surface area contributed by atoms with Gasteiger partial charge in [-0.05, 0) is 52.9 Å². The van der Waals surface area contributed by atoms with Crippen molar-refractivity contribution in [2.45, 2.75) is 18.0 Å². The molecule has 39 heavy (non-hydrogen) atoms. The van der Waals surface area contributed by atoms with E-state index in [1.54, 1.807) is 54.4 Å². The fraction of sp³-hybridized carbons (Fsp3) is 0.194. The number of nitrogens with zero attached hydrogens (tertiary/aromatic N) is 1. The van der Waals surface area contributed by atoms with E-state index in [4.69, 9.17) is 16.3 Å². The predicted octanol–water partition coefficient (Wildman–Crippen LogP) is 6.00. The summed E-state index contributed by atoms with van der Waals surface area (Å²) in [6, 6.07) is 25.4. The third-order valence-electron chi connectivity index (χ3n) is 7.20. The molecular weight excluding hydrogens is 532 g/mol. The molecule has 0 bridgehead atoms. The normalized spacial score (nSPS) is 20.4. The average molecular weight is 559 g/mol. The van der Waals surface area contributed by atoms with Crippen LogP contribution in [0.5, 0.6) is 5.75 Å². The number of likely N-dealkylation sites (N-methyl/N-ethyl adjacent to an activating group) is 1. The molecule has 1 fully saturated rings. The fourth-order valence-electron chi connectivity index (χ4n) is 5.49. The summed E-state index contributed by atoms with van der Waals surface area (Å²) in [6.45, 7) is 0. The zero-order valence-electron chi connectivity index (χ0n) is 21.4. The largest absolute Gasteiger partial charge is 0.497 e. The summed E-state index contributed by atoms with van der Waals surface area (Å²) in [4.78, 5) is 44.5. The number of nitrogens with one attached hydrogen (secondary N) is 1. The molecule has 4 aromatic rings. The number of carbonyl (C=O) groups is 3. The highest BCUT2D eigenvalue weighted by molar-refractivity contribution is 7.12. The first-order valence-electron chi connectivity index (χ1n) is 12.5. The smallest absolute Gasteiger partial charge is 0.255 e. The number of likely N-dealkylation sites (tertiary alicyclic amines) is 1. The van der Waals surface area contributed by atoms with E-state index >= 15 is 0 Å². The van der Waals surface area contributed by atoms with Gasteiger partial charge in [0.2, 0.25) is 5.91 Å². The van der Waals surface area contributed by atoms with Gasteiger partial charge < -0.3 is 15.0 Å². The van der Waals surface area contributed by atoms with Crippen LogP contribution < -0.4 is 10.1 Å². The second kappa shape index (κ2) is 11.4. The highest BCUT2D eigenvalue weighted by atomic mass is 35.5. The molecule has 0 saturated carbocycles. The van der Waals surface area contributed by atoms with Gasteiger partial charge in [-0.25, -0.2) is 0 Å². The number of thiophene rings is 1. The molecule has 0 radical (unpaired) electrons. The van der Waals surface area contributed by atoms with Crippen molar-refractivity contribution in [3.8, 4) is 5.75 Å². The number of ketones is 1. The van der Waals surface area contributed by atoms with E-state index in [9.17, 15) is 14.4 Å². The van der Waals surface area contributed by atoms with Crippen molar-refractivity contribution < 1.29 is 19.1 Å². The molecule has 8 heteroatoms. The molecule has 6 nitrogen and oxygen atoms in total. The van der Waals surface area contributed by atoms with Crippen molar-refractivity contribution in [1.29, 1.82) is 0 Å². The van der Waals surface area contributed by atoms with Crippen molar-refractivity contribution in [2.24, 2.45) is 5.92 Å². The van der Waals surface area contributed by atoms with Crippen LogP contribution in [0.15, 0.2) is 96.4 Å². The summed E-state index contributed by atoms with van der Waals surface area (Å²) in [5.74, 6) is -1.67. The number of carbonyl (C=O) groups excluding carboxylic acids is 3. The maximum Gasteiger partial charge on any atom is 0.255 e. The number of halogens is 1. The van der Waals surface area contributed by atoms with Crippen LogP contribution in [-0.4, -0.2) is 42.7 Å². The monoisotopic (exact) mass is 558 g/mol. The lowest BCUT2D eigenvalue weighted by molar-refractivity contribution is -0.125. The van der Waals surface area contributed by atoms with E-state index in [0.29, 0.717) is 21.2 Å². The second-order valence-corrected chi connectivity index (χ2v) is 10.7. The summed E-state index contributed by atoms with van der Waals surface area (Å²) in [5.41, 5.74) is 1.89. The Balaban J connectivity index is 1.77. The van der Waals surface area contributed by atoms with Crippen molar-refractivity contribution in [3.63, 3.8) is 0 Å². The molecule has 5 rings (SSSR count). The van der Waals surface area contributed by atoms with Crippen LogP contribution in [0.25, 0.3) is 0 Å². The van der Waals surface area contributed by atoms with Crippen molar-refractivity contribution in [1.82, 2.24) is 10.2 Å². The number of hydrogen-bond acceptors (Lipinski definition) is 5. The number of ether oxygens (including phenoxy) is 1. The summed E-state index contributed by atoms with van der Waals surface area (Å²) in [6.07, 6.45) is 0. The summed E-state index contributed by atoms with van der Waals surface area (Å²) < 4.78 is 5.37. The maximum absolute atomic E-state index is 14.4. The Morgan fingerprint density at radius 3 is 2.28 bits per heavy atom. The summed E-state index contributed by atoms with van der Waals surface area (Å²) in [5, 5.41) is 5.14. The zero-order chi connectivity index (χ0) is 27.5. The minimum atomic E-state index is -0.964. The van der Waals surface area contributed by atoms with Gasteiger partial charge in [0.1, 0.15) is 11.8 Å². The summed E-state index contributed by atoms with van der Waals surface area (Å²) >= 11 is 7.57. The van der Waals surface area contributed by atoms with Gasteiger partial charge >= 0.3 is 0 Å². The zero-order valence-corrected chi connectivity index (χ0v) is 23.0. The Bertz CT molecular complexity index is 1470. The molecule has 1 aliphatic rings. The second-order valence-electron chi connectivity index (χ2n) is 9.30. The van der Waals surface area contributed by atoms with Crippen molar-refractivity contribution in [2.75, 3.05) is 14.2 Å². The van der Waals surface area contributed by atoms with E-state index in [2.05, 4.69) is 5.32 Å². The molecule has 0 aliphatic carbocycles. The molecule has 1 aliphatic heterocycles. The number of hydrogen-bond donors (Lipinski definition) is 1. The van der Waals surface area contributed by atoms with Crippen molar-refractivity contribution in [3.05, 3.63) is 123 Å². The molecule has 4 atom stereocenters. The third-order valence-corrected chi connectivity index (χ3v) is 8.33. The number of methoxy groups -OCH3 is 1. The van der Waals surface area contributed by atoms with Crippen LogP contribution in [-0.2, 0) is 4.79 Å². The highest BCUT2D eigenvalue weighted by Crippen LogP contribution is 2.52. The van der Waals surface area contributed by atoms with Crippen LogP contribution in [0.3, 0.4) is 0 Å². The molecule has 4 unspecified atom stereocenters. The SMILES string of the molecule is CNC(=O)C1C(c2ccc(Cl)cc2)C(C(=O)c2cccs2)C(c2ccccc2)N1C(=O)c1cccc(OC)c1. The molecule has 3 aromatic carbocycles. The molecular formula is C31H27ClN2O4S. The van der Waals surface area contributed by atoms with Crippen LogP contribution >= 0.6 is 22.9 Å².